The van der Waals surface area contributed by atoms with Gasteiger partial charge in [0, 0.05) is 42.9 Å². The van der Waals surface area contributed by atoms with Crippen molar-refractivity contribution in [2.45, 2.75) is 56.8 Å². The van der Waals surface area contributed by atoms with Gasteiger partial charge in [-0.25, -0.2) is 13.8 Å². The minimum Gasteiger partial charge on any atom is -0.378 e. The predicted molar refractivity (Wildman–Crippen MR) is 128 cm³/mol. The fraction of sp³-hybridized carbons (Fsp3) is 0.538. The van der Waals surface area contributed by atoms with E-state index in [1.807, 2.05) is 23.1 Å². The Hall–Kier alpha value is -2.78. The molecule has 6 rings (SSSR count). The lowest BCUT2D eigenvalue weighted by Gasteiger charge is -2.33. The number of alkyl halides is 2. The quantitative estimate of drug-likeness (QED) is 0.690. The predicted octanol–water partition coefficient (Wildman–Crippen LogP) is 4.49. The number of ether oxygens (including phenoxy) is 2. The summed E-state index contributed by atoms with van der Waals surface area (Å²) >= 11 is 0. The molecule has 1 unspecified atom stereocenters. The van der Waals surface area contributed by atoms with Crippen LogP contribution in [0.3, 0.4) is 0 Å². The normalized spacial score (nSPS) is 27.3. The first-order valence-electron chi connectivity index (χ1n) is 12.5. The van der Waals surface area contributed by atoms with Crippen LogP contribution in [-0.4, -0.2) is 55.3 Å². The highest BCUT2D eigenvalue weighted by atomic mass is 19.3. The first-order valence-corrected chi connectivity index (χ1v) is 12.5. The maximum atomic E-state index is 13.9. The van der Waals surface area contributed by atoms with E-state index in [0.29, 0.717) is 45.4 Å². The second-order valence-corrected chi connectivity index (χ2v) is 9.92. The summed E-state index contributed by atoms with van der Waals surface area (Å²) in [5.41, 5.74) is 3.71. The molecule has 0 bridgehead atoms. The van der Waals surface area contributed by atoms with Gasteiger partial charge in [0.25, 0.3) is 5.92 Å². The number of anilines is 4. The van der Waals surface area contributed by atoms with E-state index >= 15 is 0 Å². The molecule has 0 radical (unpaired) electrons. The van der Waals surface area contributed by atoms with Crippen molar-refractivity contribution in [3.05, 3.63) is 42.1 Å². The van der Waals surface area contributed by atoms with E-state index in [0.717, 1.165) is 41.5 Å². The molecule has 3 fully saturated rings. The summed E-state index contributed by atoms with van der Waals surface area (Å²) in [6.45, 7) is 3.42. The number of hydrogen-bond donors (Lipinski definition) is 1. The van der Waals surface area contributed by atoms with Crippen molar-refractivity contribution in [3.63, 3.8) is 0 Å². The molecular formula is C26H30F2N4O3. The molecule has 1 amide bonds. The Labute approximate surface area is 203 Å². The number of rotatable bonds is 4. The average Bonchev–Trinajstić information content (AvgIpc) is 3.53. The van der Waals surface area contributed by atoms with Crippen molar-refractivity contribution in [1.82, 2.24) is 4.98 Å². The number of aromatic nitrogens is 1. The Balaban J connectivity index is 1.24. The van der Waals surface area contributed by atoms with Crippen LogP contribution in [0.1, 0.15) is 37.7 Å². The number of halogens is 2. The molecule has 35 heavy (non-hydrogen) atoms. The van der Waals surface area contributed by atoms with Gasteiger partial charge in [-0.15, -0.1) is 0 Å². The number of pyridine rings is 1. The summed E-state index contributed by atoms with van der Waals surface area (Å²) in [7, 11) is 0. The maximum Gasteiger partial charge on any atom is 0.276 e. The van der Waals surface area contributed by atoms with Gasteiger partial charge in [0.2, 0.25) is 5.91 Å². The van der Waals surface area contributed by atoms with Crippen LogP contribution in [0.15, 0.2) is 36.5 Å². The topological polar surface area (TPSA) is 66.9 Å². The van der Waals surface area contributed by atoms with Crippen LogP contribution in [0, 0.1) is 5.92 Å². The summed E-state index contributed by atoms with van der Waals surface area (Å²) in [5.74, 6) is -2.01. The number of fused-ring (bicyclic) bond motifs is 2. The summed E-state index contributed by atoms with van der Waals surface area (Å²) in [4.78, 5) is 22.5. The molecule has 2 aromatic rings. The highest BCUT2D eigenvalue weighted by molar-refractivity contribution is 6.00. The second kappa shape index (κ2) is 9.02. The van der Waals surface area contributed by atoms with Crippen LogP contribution in [0.5, 0.6) is 0 Å². The molecule has 0 spiro atoms. The smallest absolute Gasteiger partial charge is 0.276 e. The zero-order valence-corrected chi connectivity index (χ0v) is 19.6. The second-order valence-electron chi connectivity index (χ2n) is 9.92. The molecule has 2 aliphatic carbocycles. The van der Waals surface area contributed by atoms with Gasteiger partial charge >= 0.3 is 0 Å². The molecule has 2 saturated carbocycles. The third kappa shape index (κ3) is 4.59. The summed E-state index contributed by atoms with van der Waals surface area (Å²) in [6.07, 6.45) is 2.99. The highest BCUT2D eigenvalue weighted by Gasteiger charge is 2.59. The minimum atomic E-state index is -2.67. The van der Waals surface area contributed by atoms with Gasteiger partial charge in [-0.3, -0.25) is 4.79 Å². The lowest BCUT2D eigenvalue weighted by molar-refractivity contribution is -0.125. The molecule has 1 aromatic carbocycles. The van der Waals surface area contributed by atoms with Crippen molar-refractivity contribution in [1.29, 1.82) is 0 Å². The molecule has 1 atom stereocenters. The Morgan fingerprint density at radius 1 is 1.14 bits per heavy atom. The van der Waals surface area contributed by atoms with Gasteiger partial charge < -0.3 is 24.6 Å². The largest absolute Gasteiger partial charge is 0.378 e. The average molecular weight is 485 g/mol. The third-order valence-electron chi connectivity index (χ3n) is 7.54. The Bertz CT molecular complexity index is 1100. The zero-order valence-electron chi connectivity index (χ0n) is 19.6. The number of hydrogen-bond acceptors (Lipinski definition) is 6. The van der Waals surface area contributed by atoms with Crippen molar-refractivity contribution >= 4 is 28.8 Å². The molecule has 2 aliphatic heterocycles. The van der Waals surface area contributed by atoms with E-state index in [2.05, 4.69) is 27.3 Å². The summed E-state index contributed by atoms with van der Waals surface area (Å²) < 4.78 is 37.6. The standard InChI is InChI=1S/C26H30F2N4O3/c27-26(28)15-23(26)35-20-6-3-17(4-7-20)25(33)32-16-18-2-1-9-29-24(18)30-21-8-5-19(14-22(21)32)31-10-12-34-13-11-31/h1-2,5,8-9,14,17,20,23H,3-4,6-7,10-13,15-16H2,(H,29,30)/t17-,20-,23?. The molecule has 9 heteroatoms. The number of carbonyl (C=O) groups excluding carboxylic acids is 1. The zero-order chi connectivity index (χ0) is 24.0. The van der Waals surface area contributed by atoms with Crippen molar-refractivity contribution in [3.8, 4) is 0 Å². The molecule has 1 N–H and O–H groups in total. The number of benzene rings is 1. The number of nitrogens with one attached hydrogen (secondary N) is 1. The first kappa shape index (κ1) is 22.7. The van der Waals surface area contributed by atoms with E-state index < -0.39 is 12.0 Å². The van der Waals surface area contributed by atoms with E-state index in [4.69, 9.17) is 9.47 Å². The molecule has 1 saturated heterocycles. The van der Waals surface area contributed by atoms with Crippen LogP contribution >= 0.6 is 0 Å². The first-order chi connectivity index (χ1) is 17.0. The van der Waals surface area contributed by atoms with Gasteiger partial charge in [-0.1, -0.05) is 6.07 Å². The Morgan fingerprint density at radius 2 is 1.91 bits per heavy atom. The molecule has 3 heterocycles. The van der Waals surface area contributed by atoms with E-state index in [1.165, 1.54) is 0 Å². The van der Waals surface area contributed by atoms with Crippen molar-refractivity contribution in [2.75, 3.05) is 41.4 Å². The van der Waals surface area contributed by atoms with Crippen LogP contribution < -0.4 is 15.1 Å². The van der Waals surface area contributed by atoms with Gasteiger partial charge in [0.05, 0.1) is 37.2 Å². The van der Waals surface area contributed by atoms with Crippen LogP contribution in [0.25, 0.3) is 0 Å². The van der Waals surface area contributed by atoms with E-state index in [9.17, 15) is 13.6 Å². The van der Waals surface area contributed by atoms with Gasteiger partial charge in [-0.2, -0.15) is 0 Å². The fourth-order valence-corrected chi connectivity index (χ4v) is 5.36. The van der Waals surface area contributed by atoms with Crippen LogP contribution in [0.2, 0.25) is 0 Å². The van der Waals surface area contributed by atoms with Crippen molar-refractivity contribution < 1.29 is 23.0 Å². The Morgan fingerprint density at radius 3 is 2.66 bits per heavy atom. The molecule has 1 aromatic heterocycles. The molecule has 7 nitrogen and oxygen atoms in total. The number of morpholine rings is 1. The highest BCUT2D eigenvalue weighted by Crippen LogP contribution is 2.46. The number of nitrogens with zero attached hydrogens (tertiary/aromatic N) is 3. The molecule has 4 aliphatic rings. The number of carbonyl (C=O) groups is 1. The Kier molecular flexibility index (Phi) is 5.84. The van der Waals surface area contributed by atoms with Gasteiger partial charge in [0.1, 0.15) is 11.9 Å². The SMILES string of the molecule is O=C([C@H]1CC[C@H](OC2CC2(F)F)CC1)N1Cc2cccnc2Nc2ccc(N3CCOCC3)cc21. The monoisotopic (exact) mass is 484 g/mol. The minimum absolute atomic E-state index is 0.0686. The lowest BCUT2D eigenvalue weighted by atomic mass is 9.86. The maximum absolute atomic E-state index is 13.9. The van der Waals surface area contributed by atoms with Crippen LogP contribution in [0.4, 0.5) is 31.7 Å². The number of amides is 1. The summed E-state index contributed by atoms with van der Waals surface area (Å²) in [6, 6.07) is 10.1. The fourth-order valence-electron chi connectivity index (χ4n) is 5.36. The third-order valence-corrected chi connectivity index (χ3v) is 7.54. The van der Waals surface area contributed by atoms with E-state index in [1.54, 1.807) is 6.20 Å². The lowest BCUT2D eigenvalue weighted by Crippen LogP contribution is -2.39. The van der Waals surface area contributed by atoms with Crippen molar-refractivity contribution in [2.24, 2.45) is 5.92 Å². The summed E-state index contributed by atoms with van der Waals surface area (Å²) in [5, 5.41) is 3.42. The van der Waals surface area contributed by atoms with Gasteiger partial charge in [-0.05, 0) is 49.9 Å². The molecular weight excluding hydrogens is 454 g/mol. The molecule has 186 valence electrons. The van der Waals surface area contributed by atoms with Gasteiger partial charge in [0.15, 0.2) is 0 Å². The van der Waals surface area contributed by atoms with E-state index in [-0.39, 0.29) is 24.3 Å². The van der Waals surface area contributed by atoms with Crippen LogP contribution in [-0.2, 0) is 20.8 Å².